The zero-order chi connectivity index (χ0) is 16.2. The molecule has 0 radical (unpaired) electrons. The first-order valence-electron chi connectivity index (χ1n) is 6.75. The van der Waals surface area contributed by atoms with E-state index in [1.165, 1.54) is 0 Å². The van der Waals surface area contributed by atoms with Crippen molar-refractivity contribution in [2.45, 2.75) is 6.17 Å². The lowest BCUT2D eigenvalue weighted by Gasteiger charge is -2.19. The van der Waals surface area contributed by atoms with E-state index in [1.54, 1.807) is 54.6 Å². The van der Waals surface area contributed by atoms with Gasteiger partial charge in [-0.1, -0.05) is 30.3 Å². The molecule has 3 rings (SSSR count). The molecule has 1 aliphatic heterocycles. The minimum Gasteiger partial charge on any atom is -0.351 e. The van der Waals surface area contributed by atoms with Crippen molar-refractivity contribution in [2.75, 3.05) is 4.90 Å². The van der Waals surface area contributed by atoms with E-state index in [0.717, 1.165) is 10.5 Å². The predicted octanol–water partition coefficient (Wildman–Crippen LogP) is 3.24. The summed E-state index contributed by atoms with van der Waals surface area (Å²) in [7, 11) is 0. The SMILES string of the molecule is NC(=O)N(C(=O)c1ccccc1)c1ccc(C2N=NN=N2)cc1. The van der Waals surface area contributed by atoms with E-state index < -0.39 is 18.1 Å². The molecule has 0 saturated carbocycles. The van der Waals surface area contributed by atoms with Gasteiger partial charge in [-0.05, 0) is 34.7 Å². The van der Waals surface area contributed by atoms with Crippen LogP contribution < -0.4 is 10.6 Å². The van der Waals surface area contributed by atoms with Crippen LogP contribution in [0.25, 0.3) is 0 Å². The Labute approximate surface area is 131 Å². The molecule has 8 nitrogen and oxygen atoms in total. The molecule has 2 aromatic rings. The number of hydrogen-bond acceptors (Lipinski definition) is 6. The van der Waals surface area contributed by atoms with Crippen LogP contribution >= 0.6 is 0 Å². The van der Waals surface area contributed by atoms with Crippen molar-refractivity contribution in [2.24, 2.45) is 26.4 Å². The fourth-order valence-corrected chi connectivity index (χ4v) is 2.15. The Kier molecular flexibility index (Phi) is 3.88. The Balaban J connectivity index is 1.89. The monoisotopic (exact) mass is 308 g/mol. The first-order valence-corrected chi connectivity index (χ1v) is 6.75. The van der Waals surface area contributed by atoms with Crippen molar-refractivity contribution in [1.82, 2.24) is 0 Å². The Hall–Kier alpha value is -3.42. The van der Waals surface area contributed by atoms with Crippen LogP contribution in [0.3, 0.4) is 0 Å². The summed E-state index contributed by atoms with van der Waals surface area (Å²) in [5.74, 6) is -0.494. The van der Waals surface area contributed by atoms with Gasteiger partial charge in [0, 0.05) is 11.1 Å². The summed E-state index contributed by atoms with van der Waals surface area (Å²) >= 11 is 0. The van der Waals surface area contributed by atoms with Crippen molar-refractivity contribution in [1.29, 1.82) is 0 Å². The number of amides is 3. The molecular formula is C15H12N6O2. The lowest BCUT2D eigenvalue weighted by atomic mass is 10.1. The summed E-state index contributed by atoms with van der Waals surface area (Å²) in [5.41, 5.74) is 6.84. The van der Waals surface area contributed by atoms with Gasteiger partial charge in [-0.2, -0.15) is 0 Å². The van der Waals surface area contributed by atoms with Crippen LogP contribution in [-0.2, 0) is 0 Å². The lowest BCUT2D eigenvalue weighted by molar-refractivity contribution is 0.0995. The van der Waals surface area contributed by atoms with Crippen molar-refractivity contribution >= 4 is 17.6 Å². The third-order valence-corrected chi connectivity index (χ3v) is 3.26. The van der Waals surface area contributed by atoms with E-state index >= 15 is 0 Å². The molecule has 0 bridgehead atoms. The molecule has 0 aromatic heterocycles. The number of nitrogens with zero attached hydrogens (tertiary/aromatic N) is 5. The summed E-state index contributed by atoms with van der Waals surface area (Å²) in [4.78, 5) is 25.1. The van der Waals surface area contributed by atoms with E-state index in [0.29, 0.717) is 11.3 Å². The molecule has 0 atom stereocenters. The topological polar surface area (TPSA) is 113 Å². The third-order valence-electron chi connectivity index (χ3n) is 3.26. The first-order chi connectivity index (χ1) is 11.2. The van der Waals surface area contributed by atoms with E-state index in [4.69, 9.17) is 5.73 Å². The zero-order valence-electron chi connectivity index (χ0n) is 11.9. The highest BCUT2D eigenvalue weighted by Crippen LogP contribution is 2.26. The van der Waals surface area contributed by atoms with Gasteiger partial charge in [0.1, 0.15) is 0 Å². The number of benzene rings is 2. The maximum Gasteiger partial charge on any atom is 0.326 e. The van der Waals surface area contributed by atoms with Crippen molar-refractivity contribution in [3.63, 3.8) is 0 Å². The van der Waals surface area contributed by atoms with Crippen LogP contribution in [0.15, 0.2) is 75.3 Å². The van der Waals surface area contributed by atoms with Crippen molar-refractivity contribution in [3.05, 3.63) is 65.7 Å². The number of anilines is 1. The molecule has 3 amide bonds. The fraction of sp³-hybridized carbons (Fsp3) is 0.0667. The quantitative estimate of drug-likeness (QED) is 0.938. The number of imide groups is 1. The van der Waals surface area contributed by atoms with Gasteiger partial charge < -0.3 is 5.73 Å². The highest BCUT2D eigenvalue weighted by Gasteiger charge is 2.23. The minimum absolute atomic E-state index is 0.363. The number of carbonyl (C=O) groups is 2. The Morgan fingerprint density at radius 3 is 2.09 bits per heavy atom. The smallest absolute Gasteiger partial charge is 0.326 e. The highest BCUT2D eigenvalue weighted by molar-refractivity contribution is 6.20. The number of primary amides is 1. The van der Waals surface area contributed by atoms with Gasteiger partial charge in [0.25, 0.3) is 5.91 Å². The standard InChI is InChI=1S/C15H12N6O2/c16-15(23)21(14(22)11-4-2-1-3-5-11)12-8-6-10(7-9-12)13-17-19-20-18-13/h1-9,13H,(H2,16,23). The van der Waals surface area contributed by atoms with E-state index in [-0.39, 0.29) is 0 Å². The second kappa shape index (κ2) is 6.14. The van der Waals surface area contributed by atoms with Crippen LogP contribution in [0.1, 0.15) is 22.1 Å². The number of urea groups is 1. The molecule has 1 heterocycles. The largest absolute Gasteiger partial charge is 0.351 e. The molecular weight excluding hydrogens is 296 g/mol. The van der Waals surface area contributed by atoms with Crippen LogP contribution in [-0.4, -0.2) is 11.9 Å². The van der Waals surface area contributed by atoms with Crippen molar-refractivity contribution < 1.29 is 9.59 Å². The number of nitrogens with two attached hydrogens (primary N) is 1. The zero-order valence-corrected chi connectivity index (χ0v) is 11.9. The maximum atomic E-state index is 12.5. The summed E-state index contributed by atoms with van der Waals surface area (Å²) in [6.07, 6.45) is -0.490. The van der Waals surface area contributed by atoms with E-state index in [1.807, 2.05) is 0 Å². The Bertz CT molecular complexity index is 773. The Morgan fingerprint density at radius 2 is 1.52 bits per heavy atom. The van der Waals surface area contributed by atoms with Crippen LogP contribution in [0.2, 0.25) is 0 Å². The molecule has 2 N–H and O–H groups in total. The lowest BCUT2D eigenvalue weighted by Crippen LogP contribution is -2.40. The van der Waals surface area contributed by atoms with Gasteiger partial charge in [0.15, 0.2) is 0 Å². The molecule has 0 aliphatic carbocycles. The molecule has 8 heteroatoms. The average Bonchev–Trinajstić information content (AvgIpc) is 3.10. The van der Waals surface area contributed by atoms with Crippen LogP contribution in [0.4, 0.5) is 10.5 Å². The van der Waals surface area contributed by atoms with Gasteiger partial charge in [-0.15, -0.1) is 10.2 Å². The van der Waals surface area contributed by atoms with Crippen LogP contribution in [0, 0.1) is 0 Å². The van der Waals surface area contributed by atoms with Gasteiger partial charge in [-0.25, -0.2) is 9.69 Å². The fourth-order valence-electron chi connectivity index (χ4n) is 2.15. The molecule has 114 valence electrons. The third kappa shape index (κ3) is 2.95. The molecule has 1 aliphatic rings. The summed E-state index contributed by atoms with van der Waals surface area (Å²) in [6.45, 7) is 0. The number of hydrogen-bond donors (Lipinski definition) is 1. The maximum absolute atomic E-state index is 12.5. The summed E-state index contributed by atoms with van der Waals surface area (Å²) in [5, 5.41) is 14.5. The van der Waals surface area contributed by atoms with E-state index in [9.17, 15) is 9.59 Å². The summed E-state index contributed by atoms with van der Waals surface area (Å²) in [6, 6.07) is 14.2. The predicted molar refractivity (Wildman–Crippen MR) is 81.7 cm³/mol. The van der Waals surface area contributed by atoms with Gasteiger partial charge >= 0.3 is 6.03 Å². The normalized spacial score (nSPS) is 13.2. The molecule has 0 saturated heterocycles. The van der Waals surface area contributed by atoms with Gasteiger partial charge in [-0.3, -0.25) is 4.79 Å². The second-order valence-corrected chi connectivity index (χ2v) is 4.72. The highest BCUT2D eigenvalue weighted by atomic mass is 16.2. The molecule has 0 spiro atoms. The first kappa shape index (κ1) is 14.5. The Morgan fingerprint density at radius 1 is 0.913 bits per heavy atom. The molecule has 0 fully saturated rings. The molecule has 23 heavy (non-hydrogen) atoms. The van der Waals surface area contributed by atoms with Crippen molar-refractivity contribution in [3.8, 4) is 0 Å². The average molecular weight is 308 g/mol. The van der Waals surface area contributed by atoms with E-state index in [2.05, 4.69) is 20.7 Å². The van der Waals surface area contributed by atoms with Gasteiger partial charge in [0.2, 0.25) is 6.17 Å². The minimum atomic E-state index is -0.855. The number of carbonyl (C=O) groups excluding carboxylic acids is 2. The second-order valence-electron chi connectivity index (χ2n) is 4.72. The molecule has 2 aromatic carbocycles. The summed E-state index contributed by atoms with van der Waals surface area (Å²) < 4.78 is 0. The van der Waals surface area contributed by atoms with Crippen LogP contribution in [0.5, 0.6) is 0 Å². The number of rotatable bonds is 3. The molecule has 0 unspecified atom stereocenters. The van der Waals surface area contributed by atoms with Gasteiger partial charge in [0.05, 0.1) is 5.69 Å².